The lowest BCUT2D eigenvalue weighted by Gasteiger charge is -2.44. The maximum atomic E-state index is 12.8. The van der Waals surface area contributed by atoms with E-state index in [9.17, 15) is 14.7 Å². The van der Waals surface area contributed by atoms with Gasteiger partial charge < -0.3 is 15.2 Å². The summed E-state index contributed by atoms with van der Waals surface area (Å²) in [6, 6.07) is 7.10. The number of carbonyl (C=O) groups excluding carboxylic acids is 1. The lowest BCUT2D eigenvalue weighted by atomic mass is 9.85. The smallest absolute Gasteiger partial charge is 0.417 e. The first-order chi connectivity index (χ1) is 12.7. The number of fused-ring (bicyclic) bond motifs is 1. The Morgan fingerprint density at radius 1 is 1.26 bits per heavy atom. The van der Waals surface area contributed by atoms with E-state index in [1.54, 1.807) is 46.0 Å². The van der Waals surface area contributed by atoms with Crippen molar-refractivity contribution in [2.24, 2.45) is 0 Å². The minimum absolute atomic E-state index is 0.353. The second-order valence-electron chi connectivity index (χ2n) is 7.86. The van der Waals surface area contributed by atoms with E-state index < -0.39 is 23.3 Å². The number of benzene rings is 1. The molecule has 2 aromatic rings. The summed E-state index contributed by atoms with van der Waals surface area (Å²) in [5, 5.41) is 13.1. The number of carboxylic acid groups (broad SMARTS) is 1. The molecule has 0 unspecified atom stereocenters. The average Bonchev–Trinajstić information content (AvgIpc) is 3.00. The lowest BCUT2D eigenvalue weighted by molar-refractivity contribution is -0.00666. The van der Waals surface area contributed by atoms with E-state index in [1.165, 1.54) is 9.47 Å². The van der Waals surface area contributed by atoms with Crippen molar-refractivity contribution in [1.82, 2.24) is 19.8 Å². The van der Waals surface area contributed by atoms with Crippen LogP contribution >= 0.6 is 0 Å². The Bertz CT molecular complexity index is 862. The van der Waals surface area contributed by atoms with Crippen LogP contribution in [0.4, 0.5) is 9.59 Å². The summed E-state index contributed by atoms with van der Waals surface area (Å²) in [5.41, 5.74) is -0.418. The number of imidazole rings is 1. The van der Waals surface area contributed by atoms with Crippen LogP contribution in [0.5, 0.6) is 0 Å². The second-order valence-corrected chi connectivity index (χ2v) is 7.86. The number of nitrogens with one attached hydrogen (secondary N) is 1. The number of carbonyl (C=O) groups is 2. The fraction of sp³-hybridized carbons (Fsp3) is 0.526. The highest BCUT2D eigenvalue weighted by Crippen LogP contribution is 2.38. The zero-order valence-corrected chi connectivity index (χ0v) is 16.2. The SMILES string of the molecule is CN(C(=O)OC(C)(C)C)C1(c2nc3ccccc3n2C(=O)O)CCNCC1. The Morgan fingerprint density at radius 3 is 2.48 bits per heavy atom. The van der Waals surface area contributed by atoms with Crippen molar-refractivity contribution in [3.63, 3.8) is 0 Å². The van der Waals surface area contributed by atoms with Gasteiger partial charge in [-0.3, -0.25) is 4.90 Å². The van der Waals surface area contributed by atoms with Gasteiger partial charge in [0.15, 0.2) is 0 Å². The first-order valence-electron chi connectivity index (χ1n) is 9.04. The number of hydrogen-bond donors (Lipinski definition) is 2. The molecule has 2 N–H and O–H groups in total. The third kappa shape index (κ3) is 3.49. The number of para-hydroxylation sites is 2. The predicted molar refractivity (Wildman–Crippen MR) is 101 cm³/mol. The van der Waals surface area contributed by atoms with E-state index in [0.717, 1.165) is 0 Å². The minimum atomic E-state index is -1.12. The van der Waals surface area contributed by atoms with Crippen LogP contribution in [0.1, 0.15) is 39.4 Å². The van der Waals surface area contributed by atoms with Crippen molar-refractivity contribution in [1.29, 1.82) is 0 Å². The van der Waals surface area contributed by atoms with Gasteiger partial charge in [-0.1, -0.05) is 12.1 Å². The molecule has 1 aromatic heterocycles. The van der Waals surface area contributed by atoms with E-state index in [2.05, 4.69) is 10.3 Å². The summed E-state index contributed by atoms with van der Waals surface area (Å²) in [7, 11) is 1.66. The van der Waals surface area contributed by atoms with Crippen LogP contribution in [0.2, 0.25) is 0 Å². The number of hydrogen-bond acceptors (Lipinski definition) is 5. The van der Waals surface area contributed by atoms with Crippen LogP contribution in [0, 0.1) is 0 Å². The number of ether oxygens (including phenoxy) is 1. The molecule has 8 nitrogen and oxygen atoms in total. The molecule has 27 heavy (non-hydrogen) atoms. The quantitative estimate of drug-likeness (QED) is 0.839. The third-order valence-electron chi connectivity index (χ3n) is 4.91. The van der Waals surface area contributed by atoms with Gasteiger partial charge in [0.1, 0.15) is 17.0 Å². The molecule has 0 atom stereocenters. The summed E-state index contributed by atoms with van der Waals surface area (Å²) in [6.07, 6.45) is -0.527. The molecule has 0 aliphatic carbocycles. The number of nitrogens with zero attached hydrogens (tertiary/aromatic N) is 3. The molecule has 2 heterocycles. The van der Waals surface area contributed by atoms with Crippen molar-refractivity contribution < 1.29 is 19.4 Å². The largest absolute Gasteiger partial charge is 0.464 e. The molecule has 1 aliphatic heterocycles. The number of aromatic nitrogens is 2. The van der Waals surface area contributed by atoms with Crippen LogP contribution in [0.3, 0.4) is 0 Å². The molecule has 1 saturated heterocycles. The molecule has 0 radical (unpaired) electrons. The molecule has 1 amide bonds. The van der Waals surface area contributed by atoms with Gasteiger partial charge in [-0.15, -0.1) is 0 Å². The maximum Gasteiger partial charge on any atom is 0.417 e. The predicted octanol–water partition coefficient (Wildman–Crippen LogP) is 3.01. The van der Waals surface area contributed by atoms with Gasteiger partial charge in [0.05, 0.1) is 11.0 Å². The molecule has 0 saturated carbocycles. The monoisotopic (exact) mass is 374 g/mol. The standard InChI is InChI=1S/C19H26N4O4/c1-18(2,3)27-17(26)22(4)19(9-11-20-12-10-19)15-21-13-7-5-6-8-14(13)23(15)16(24)25/h5-8,20H,9-12H2,1-4H3,(H,24,25). The van der Waals surface area contributed by atoms with Gasteiger partial charge in [-0.05, 0) is 58.8 Å². The molecule has 1 aliphatic rings. The van der Waals surface area contributed by atoms with Crippen LogP contribution < -0.4 is 5.32 Å². The normalized spacial score (nSPS) is 16.9. The summed E-state index contributed by atoms with van der Waals surface area (Å²) in [6.45, 7) is 6.72. The molecule has 8 heteroatoms. The first-order valence-corrected chi connectivity index (χ1v) is 9.04. The Hall–Kier alpha value is -2.61. The van der Waals surface area contributed by atoms with Crippen LogP contribution in [-0.4, -0.2) is 57.5 Å². The van der Waals surface area contributed by atoms with Gasteiger partial charge >= 0.3 is 12.2 Å². The van der Waals surface area contributed by atoms with E-state index >= 15 is 0 Å². The van der Waals surface area contributed by atoms with Crippen molar-refractivity contribution in [2.45, 2.75) is 44.8 Å². The van der Waals surface area contributed by atoms with E-state index in [0.29, 0.717) is 42.8 Å². The average molecular weight is 374 g/mol. The Labute approximate surface area is 158 Å². The Morgan fingerprint density at radius 2 is 1.89 bits per heavy atom. The van der Waals surface area contributed by atoms with Gasteiger partial charge in [-0.2, -0.15) is 0 Å². The highest BCUT2D eigenvalue weighted by atomic mass is 16.6. The minimum Gasteiger partial charge on any atom is -0.464 e. The van der Waals surface area contributed by atoms with Crippen LogP contribution in [0.15, 0.2) is 24.3 Å². The van der Waals surface area contributed by atoms with E-state index in [-0.39, 0.29) is 0 Å². The number of rotatable bonds is 2. The molecular weight excluding hydrogens is 348 g/mol. The zero-order valence-electron chi connectivity index (χ0n) is 16.2. The molecule has 0 spiro atoms. The summed E-state index contributed by atoms with van der Waals surface area (Å²) in [4.78, 5) is 31.1. The Kier molecular flexibility index (Phi) is 4.86. The molecule has 1 aromatic carbocycles. The first kappa shape index (κ1) is 19.2. The van der Waals surface area contributed by atoms with Gasteiger partial charge in [-0.25, -0.2) is 19.1 Å². The second kappa shape index (κ2) is 6.84. The van der Waals surface area contributed by atoms with Crippen molar-refractivity contribution in [3.05, 3.63) is 30.1 Å². The van der Waals surface area contributed by atoms with E-state index in [1.807, 2.05) is 6.07 Å². The number of amides is 1. The molecule has 1 fully saturated rings. The van der Waals surface area contributed by atoms with Crippen molar-refractivity contribution in [3.8, 4) is 0 Å². The van der Waals surface area contributed by atoms with E-state index in [4.69, 9.17) is 4.74 Å². The molecular formula is C19H26N4O4. The number of piperidine rings is 1. The summed E-state index contributed by atoms with van der Waals surface area (Å²) < 4.78 is 6.75. The fourth-order valence-corrected chi connectivity index (χ4v) is 3.59. The topological polar surface area (TPSA) is 96.7 Å². The maximum absolute atomic E-state index is 12.8. The lowest BCUT2D eigenvalue weighted by Crippen LogP contribution is -2.55. The molecule has 3 rings (SSSR count). The fourth-order valence-electron chi connectivity index (χ4n) is 3.59. The molecule has 146 valence electrons. The van der Waals surface area contributed by atoms with Crippen molar-refractivity contribution >= 4 is 23.2 Å². The van der Waals surface area contributed by atoms with Gasteiger partial charge in [0.2, 0.25) is 0 Å². The van der Waals surface area contributed by atoms with Crippen LogP contribution in [0.25, 0.3) is 11.0 Å². The highest BCUT2D eigenvalue weighted by Gasteiger charge is 2.46. The summed E-state index contributed by atoms with van der Waals surface area (Å²) in [5.74, 6) is 0.353. The van der Waals surface area contributed by atoms with Crippen molar-refractivity contribution in [2.75, 3.05) is 20.1 Å². The third-order valence-corrected chi connectivity index (χ3v) is 4.91. The van der Waals surface area contributed by atoms with Gasteiger partial charge in [0.25, 0.3) is 0 Å². The highest BCUT2D eigenvalue weighted by molar-refractivity contribution is 5.87. The zero-order chi connectivity index (χ0) is 19.8. The molecule has 0 bridgehead atoms. The van der Waals surface area contributed by atoms with Gasteiger partial charge in [0, 0.05) is 7.05 Å². The Balaban J connectivity index is 2.16. The van der Waals surface area contributed by atoms with Crippen LogP contribution in [-0.2, 0) is 10.3 Å². The summed E-state index contributed by atoms with van der Waals surface area (Å²) >= 11 is 0.